The number of fused-ring (bicyclic) bond motifs is 3. The molecule has 0 saturated carbocycles. The lowest BCUT2D eigenvalue weighted by Crippen LogP contribution is -2.35. The van der Waals surface area contributed by atoms with E-state index in [9.17, 15) is 14.0 Å². The van der Waals surface area contributed by atoms with Crippen molar-refractivity contribution < 1.29 is 14.0 Å². The van der Waals surface area contributed by atoms with E-state index in [0.29, 0.717) is 23.9 Å². The Morgan fingerprint density at radius 3 is 2.20 bits per heavy atom. The highest BCUT2D eigenvalue weighted by molar-refractivity contribution is 6.67. The van der Waals surface area contributed by atoms with E-state index in [1.54, 1.807) is 18.2 Å². The Kier molecular flexibility index (Phi) is 9.43. The fourth-order valence-electron chi connectivity index (χ4n) is 5.89. The molecule has 45 heavy (non-hydrogen) atoms. The largest absolute Gasteiger partial charge is 0.361 e. The van der Waals surface area contributed by atoms with Crippen LogP contribution in [0.3, 0.4) is 0 Å². The number of carbonyl (C=O) groups excluding carboxylic acids is 2. The highest BCUT2D eigenvalue weighted by atomic mass is 35.5. The van der Waals surface area contributed by atoms with Gasteiger partial charge in [0, 0.05) is 34.4 Å². The zero-order chi connectivity index (χ0) is 31.2. The van der Waals surface area contributed by atoms with E-state index in [-0.39, 0.29) is 11.7 Å². The number of nitrogens with one attached hydrogen (secondary N) is 2. The average molecular weight is 622 g/mol. The molecule has 0 radical (unpaired) electrons. The normalized spacial score (nSPS) is 13.9. The zero-order valence-corrected chi connectivity index (χ0v) is 25.4. The first-order valence-corrected chi connectivity index (χ1v) is 15.5. The monoisotopic (exact) mass is 621 g/mol. The lowest BCUT2D eigenvalue weighted by molar-refractivity contribution is 0.0946. The van der Waals surface area contributed by atoms with Crippen molar-refractivity contribution in [3.63, 3.8) is 0 Å². The van der Waals surface area contributed by atoms with Crippen LogP contribution in [0.15, 0.2) is 97.2 Å². The number of para-hydroxylation sites is 2. The first kappa shape index (κ1) is 30.4. The molecule has 6 aromatic rings. The maximum Gasteiger partial charge on any atom is 0.270 e. The molecule has 1 amide bonds. The Bertz CT molecular complexity index is 1970. The molecular weight excluding hydrogens is 589 g/mol. The number of rotatable bonds is 7. The van der Waals surface area contributed by atoms with E-state index in [1.807, 2.05) is 72.9 Å². The number of halogens is 2. The van der Waals surface area contributed by atoms with Crippen LogP contribution in [0.4, 0.5) is 4.39 Å². The third-order valence-electron chi connectivity index (χ3n) is 8.27. The quantitative estimate of drug-likeness (QED) is 0.143. The molecule has 7 rings (SSSR count). The molecule has 2 N–H and O–H groups in total. The molecule has 1 saturated heterocycles. The van der Waals surface area contributed by atoms with Crippen molar-refractivity contribution in [2.24, 2.45) is 0 Å². The van der Waals surface area contributed by atoms with Gasteiger partial charge in [0.05, 0.1) is 11.0 Å². The van der Waals surface area contributed by atoms with E-state index in [2.05, 4.69) is 25.2 Å². The van der Waals surface area contributed by atoms with Gasteiger partial charge in [0.1, 0.15) is 17.2 Å². The smallest absolute Gasteiger partial charge is 0.270 e. The summed E-state index contributed by atoms with van der Waals surface area (Å²) in [5, 5.41) is 5.65. The Morgan fingerprint density at radius 2 is 1.51 bits per heavy atom. The molecule has 228 valence electrons. The minimum absolute atomic E-state index is 0.120. The van der Waals surface area contributed by atoms with Crippen LogP contribution in [-0.4, -0.2) is 57.2 Å². The number of amides is 1. The summed E-state index contributed by atoms with van der Waals surface area (Å²) < 4.78 is 13.4. The second-order valence-corrected chi connectivity index (χ2v) is 11.6. The predicted molar refractivity (Wildman–Crippen MR) is 177 cm³/mol. The van der Waals surface area contributed by atoms with E-state index in [0.717, 1.165) is 71.6 Å². The van der Waals surface area contributed by atoms with Gasteiger partial charge in [-0.15, -0.1) is 0 Å². The minimum Gasteiger partial charge on any atom is -0.361 e. The lowest BCUT2D eigenvalue weighted by atomic mass is 9.89. The molecule has 0 bridgehead atoms. The Morgan fingerprint density at radius 1 is 0.867 bits per heavy atom. The van der Waals surface area contributed by atoms with Crippen molar-refractivity contribution in [2.75, 3.05) is 26.2 Å². The topological polar surface area (TPSA) is 91.0 Å². The maximum atomic E-state index is 13.4. The van der Waals surface area contributed by atoms with Crippen molar-refractivity contribution in [2.45, 2.75) is 25.2 Å². The lowest BCUT2D eigenvalue weighted by Gasteiger charge is -2.32. The summed E-state index contributed by atoms with van der Waals surface area (Å²) in [6.45, 7) is 3.69. The number of H-pyrrole nitrogens is 1. The van der Waals surface area contributed by atoms with Gasteiger partial charge < -0.3 is 15.2 Å². The fraction of sp³-hybridized carbons (Fsp3) is 0.222. The van der Waals surface area contributed by atoms with Crippen molar-refractivity contribution >= 4 is 55.5 Å². The van der Waals surface area contributed by atoms with Crippen LogP contribution < -0.4 is 5.32 Å². The fourth-order valence-corrected chi connectivity index (χ4v) is 5.99. The highest BCUT2D eigenvalue weighted by Crippen LogP contribution is 2.33. The number of piperidine rings is 1. The Labute approximate surface area is 265 Å². The first-order valence-electron chi connectivity index (χ1n) is 15.1. The van der Waals surface area contributed by atoms with E-state index in [1.165, 1.54) is 11.6 Å². The maximum absolute atomic E-state index is 13.4. The molecular formula is C36H33ClFN5O2. The SMILES string of the molecule is O=C(Cl)c1ccc2ccccc2n1.O=C(NCCCN1CCC(c2c[nH]c3cc(F)ccc23)CC1)c1ccc2ccccc2n1. The molecule has 7 nitrogen and oxygen atoms in total. The van der Waals surface area contributed by atoms with Gasteiger partial charge in [-0.05, 0) is 104 Å². The number of hydrogen-bond donors (Lipinski definition) is 2. The molecule has 4 heterocycles. The number of hydrogen-bond acceptors (Lipinski definition) is 5. The van der Waals surface area contributed by atoms with E-state index in [4.69, 9.17) is 11.6 Å². The number of benzene rings is 3. The van der Waals surface area contributed by atoms with Gasteiger partial charge >= 0.3 is 0 Å². The summed E-state index contributed by atoms with van der Waals surface area (Å²) in [5.74, 6) is 0.179. The van der Waals surface area contributed by atoms with Gasteiger partial charge in [0.25, 0.3) is 11.1 Å². The summed E-state index contributed by atoms with van der Waals surface area (Å²) >= 11 is 5.30. The average Bonchev–Trinajstić information content (AvgIpc) is 3.49. The molecule has 1 aliphatic heterocycles. The van der Waals surface area contributed by atoms with Gasteiger partial charge in [-0.1, -0.05) is 48.5 Å². The number of likely N-dealkylation sites (tertiary alicyclic amines) is 1. The summed E-state index contributed by atoms with van der Waals surface area (Å²) in [5.41, 5.74) is 4.55. The number of carbonyl (C=O) groups is 2. The van der Waals surface area contributed by atoms with Gasteiger partial charge in [-0.2, -0.15) is 0 Å². The highest BCUT2D eigenvalue weighted by Gasteiger charge is 2.22. The number of pyridine rings is 2. The van der Waals surface area contributed by atoms with Crippen LogP contribution in [0, 0.1) is 5.82 Å². The second-order valence-electron chi connectivity index (χ2n) is 11.2. The van der Waals surface area contributed by atoms with Gasteiger partial charge in [-0.25, -0.2) is 14.4 Å². The molecule has 3 aromatic heterocycles. The second kappa shape index (κ2) is 14.0. The first-order chi connectivity index (χ1) is 21.9. The van der Waals surface area contributed by atoms with Crippen molar-refractivity contribution in [1.29, 1.82) is 0 Å². The third kappa shape index (κ3) is 7.36. The van der Waals surface area contributed by atoms with Crippen molar-refractivity contribution in [1.82, 2.24) is 25.2 Å². The molecule has 9 heteroatoms. The van der Waals surface area contributed by atoms with E-state index < -0.39 is 5.24 Å². The van der Waals surface area contributed by atoms with Gasteiger partial charge in [0.15, 0.2) is 0 Å². The molecule has 1 aliphatic rings. The van der Waals surface area contributed by atoms with Crippen molar-refractivity contribution in [3.8, 4) is 0 Å². The number of aromatic amines is 1. The van der Waals surface area contributed by atoms with Crippen LogP contribution in [0.2, 0.25) is 0 Å². The Balaban J connectivity index is 0.000000229. The standard InChI is InChI=1S/C26H27FN4O.C10H6ClNO/c27-20-7-8-21-22(17-29-25(21)16-20)18-10-14-31(15-11-18)13-3-12-28-26(32)24-9-6-19-4-1-2-5-23(19)30-24;11-10(13)9-6-5-7-3-1-2-4-8(7)12-9/h1-2,4-9,16-18,29H,3,10-15H2,(H,28,32);1-6H. The molecule has 0 atom stereocenters. The van der Waals surface area contributed by atoms with E-state index >= 15 is 0 Å². The molecule has 3 aromatic carbocycles. The zero-order valence-electron chi connectivity index (χ0n) is 24.7. The Hall–Kier alpha value is -4.66. The molecule has 1 fully saturated rings. The van der Waals surface area contributed by atoms with Gasteiger partial charge in [0.2, 0.25) is 0 Å². The summed E-state index contributed by atoms with van der Waals surface area (Å²) in [6.07, 6.45) is 5.15. The predicted octanol–water partition coefficient (Wildman–Crippen LogP) is 7.47. The van der Waals surface area contributed by atoms with Gasteiger partial charge in [-0.3, -0.25) is 9.59 Å². The van der Waals surface area contributed by atoms with Crippen LogP contribution in [0.25, 0.3) is 32.7 Å². The summed E-state index contributed by atoms with van der Waals surface area (Å²) in [6, 6.07) is 27.5. The third-order valence-corrected chi connectivity index (χ3v) is 8.46. The number of aromatic nitrogens is 3. The van der Waals surface area contributed by atoms with Crippen LogP contribution in [-0.2, 0) is 0 Å². The van der Waals surface area contributed by atoms with Crippen molar-refractivity contribution in [3.05, 3.63) is 120 Å². The van der Waals surface area contributed by atoms with Crippen LogP contribution in [0.5, 0.6) is 0 Å². The molecule has 0 aliphatic carbocycles. The summed E-state index contributed by atoms with van der Waals surface area (Å²) in [4.78, 5) is 37.4. The molecule has 0 unspecified atom stereocenters. The van der Waals surface area contributed by atoms with Crippen LogP contribution in [0.1, 0.15) is 51.7 Å². The number of nitrogens with zero attached hydrogens (tertiary/aromatic N) is 3. The van der Waals surface area contributed by atoms with Crippen LogP contribution >= 0.6 is 11.6 Å². The summed E-state index contributed by atoms with van der Waals surface area (Å²) in [7, 11) is 0. The molecule has 0 spiro atoms. The minimum atomic E-state index is -0.522.